The van der Waals surface area contributed by atoms with E-state index in [0.29, 0.717) is 24.8 Å². The Balaban J connectivity index is 2.03. The number of nitrogens with one attached hydrogen (secondary N) is 1. The Bertz CT molecular complexity index is 610. The average Bonchev–Trinajstić information content (AvgIpc) is 2.58. The molecule has 0 aliphatic heterocycles. The second-order valence-electron chi connectivity index (χ2n) is 6.73. The van der Waals surface area contributed by atoms with Crippen LogP contribution in [0.4, 0.5) is 0 Å². The molecule has 0 saturated heterocycles. The molecule has 3 nitrogen and oxygen atoms in total. The van der Waals surface area contributed by atoms with Gasteiger partial charge in [-0.1, -0.05) is 74.5 Å². The van der Waals surface area contributed by atoms with E-state index in [1.54, 1.807) is 0 Å². The van der Waals surface area contributed by atoms with Gasteiger partial charge in [0.2, 0.25) is 0 Å². The van der Waals surface area contributed by atoms with Crippen LogP contribution in [-0.2, 0) is 11.2 Å². The SMILES string of the molecule is CC(C)CC(CN[C@@H](Cc1ccccc1)C(=O)O)c1ccccc1. The molecule has 0 aliphatic rings. The van der Waals surface area contributed by atoms with Crippen LogP contribution >= 0.6 is 0 Å². The summed E-state index contributed by atoms with van der Waals surface area (Å²) in [6, 6.07) is 19.6. The second kappa shape index (κ2) is 9.24. The summed E-state index contributed by atoms with van der Waals surface area (Å²) in [5.41, 5.74) is 2.31. The highest BCUT2D eigenvalue weighted by Crippen LogP contribution is 2.23. The average molecular weight is 325 g/mol. The van der Waals surface area contributed by atoms with Gasteiger partial charge in [0, 0.05) is 6.54 Å². The van der Waals surface area contributed by atoms with Crippen molar-refractivity contribution in [2.24, 2.45) is 5.92 Å². The largest absolute Gasteiger partial charge is 0.480 e. The van der Waals surface area contributed by atoms with Crippen molar-refractivity contribution in [2.45, 2.75) is 38.6 Å². The van der Waals surface area contributed by atoms with Crippen LogP contribution in [0.3, 0.4) is 0 Å². The molecule has 2 N–H and O–H groups in total. The summed E-state index contributed by atoms with van der Waals surface area (Å²) in [4.78, 5) is 11.6. The zero-order valence-electron chi connectivity index (χ0n) is 14.5. The third kappa shape index (κ3) is 5.82. The molecule has 1 unspecified atom stereocenters. The molecule has 0 aliphatic carbocycles. The molecule has 2 rings (SSSR count). The number of hydrogen-bond acceptors (Lipinski definition) is 2. The number of carbonyl (C=O) groups is 1. The summed E-state index contributed by atoms with van der Waals surface area (Å²) in [6.45, 7) is 5.08. The highest BCUT2D eigenvalue weighted by Gasteiger charge is 2.20. The molecule has 0 aromatic heterocycles. The van der Waals surface area contributed by atoms with Gasteiger partial charge in [0.15, 0.2) is 0 Å². The lowest BCUT2D eigenvalue weighted by Crippen LogP contribution is -2.40. The van der Waals surface area contributed by atoms with Gasteiger partial charge in [-0.05, 0) is 35.8 Å². The Hall–Kier alpha value is -2.13. The Morgan fingerprint density at radius 1 is 1.00 bits per heavy atom. The summed E-state index contributed by atoms with van der Waals surface area (Å²) in [5, 5.41) is 12.8. The molecular weight excluding hydrogens is 298 g/mol. The normalized spacial score (nSPS) is 13.6. The Kier molecular flexibility index (Phi) is 7.01. The number of aliphatic carboxylic acids is 1. The first-order chi connectivity index (χ1) is 11.6. The molecule has 0 spiro atoms. The van der Waals surface area contributed by atoms with Gasteiger partial charge in [0.1, 0.15) is 6.04 Å². The van der Waals surface area contributed by atoms with Crippen LogP contribution in [0.15, 0.2) is 60.7 Å². The Labute approximate surface area is 144 Å². The molecule has 0 radical (unpaired) electrons. The topological polar surface area (TPSA) is 49.3 Å². The van der Waals surface area contributed by atoms with Crippen molar-refractivity contribution in [2.75, 3.05) is 6.54 Å². The third-order valence-electron chi connectivity index (χ3n) is 4.22. The lowest BCUT2D eigenvalue weighted by molar-refractivity contribution is -0.139. The fourth-order valence-electron chi connectivity index (χ4n) is 3.01. The van der Waals surface area contributed by atoms with Crippen LogP contribution in [0.1, 0.15) is 37.3 Å². The number of hydrogen-bond donors (Lipinski definition) is 2. The van der Waals surface area contributed by atoms with Gasteiger partial charge in [-0.2, -0.15) is 0 Å². The standard InChI is InChI=1S/C21H27NO2/c1-16(2)13-19(18-11-7-4-8-12-18)15-22-20(21(23)24)14-17-9-5-3-6-10-17/h3-12,16,19-20,22H,13-15H2,1-2H3,(H,23,24)/t19?,20-/m0/s1. The van der Waals surface area contributed by atoms with Crippen molar-refractivity contribution in [3.05, 3.63) is 71.8 Å². The fraction of sp³-hybridized carbons (Fsp3) is 0.381. The lowest BCUT2D eigenvalue weighted by atomic mass is 9.90. The van der Waals surface area contributed by atoms with Gasteiger partial charge < -0.3 is 10.4 Å². The van der Waals surface area contributed by atoms with Crippen molar-refractivity contribution in [1.82, 2.24) is 5.32 Å². The predicted molar refractivity (Wildman–Crippen MR) is 98.2 cm³/mol. The molecule has 2 aromatic rings. The molecule has 0 amide bonds. The molecule has 2 atom stereocenters. The minimum absolute atomic E-state index is 0.323. The van der Waals surface area contributed by atoms with Crippen LogP contribution in [0.25, 0.3) is 0 Å². The van der Waals surface area contributed by atoms with Crippen LogP contribution < -0.4 is 5.32 Å². The second-order valence-corrected chi connectivity index (χ2v) is 6.73. The van der Waals surface area contributed by atoms with Crippen LogP contribution in [0, 0.1) is 5.92 Å². The smallest absolute Gasteiger partial charge is 0.321 e. The molecule has 128 valence electrons. The fourth-order valence-corrected chi connectivity index (χ4v) is 3.01. The van der Waals surface area contributed by atoms with Gasteiger partial charge in [-0.3, -0.25) is 4.79 Å². The zero-order chi connectivity index (χ0) is 17.4. The number of carboxylic acids is 1. The first-order valence-electron chi connectivity index (χ1n) is 8.61. The third-order valence-corrected chi connectivity index (χ3v) is 4.22. The molecule has 2 aromatic carbocycles. The highest BCUT2D eigenvalue weighted by molar-refractivity contribution is 5.73. The van der Waals surface area contributed by atoms with E-state index in [2.05, 4.69) is 31.3 Å². The van der Waals surface area contributed by atoms with Gasteiger partial charge >= 0.3 is 5.97 Å². The summed E-state index contributed by atoms with van der Waals surface area (Å²) in [6.07, 6.45) is 1.54. The zero-order valence-corrected chi connectivity index (χ0v) is 14.5. The number of benzene rings is 2. The van der Waals surface area contributed by atoms with Crippen molar-refractivity contribution in [3.8, 4) is 0 Å². The first kappa shape index (κ1) is 18.2. The maximum Gasteiger partial charge on any atom is 0.321 e. The summed E-state index contributed by atoms with van der Waals surface area (Å²) in [5.74, 6) is 0.0912. The van der Waals surface area contributed by atoms with Crippen LogP contribution in [0.2, 0.25) is 0 Å². The first-order valence-corrected chi connectivity index (χ1v) is 8.61. The molecular formula is C21H27NO2. The molecule has 0 saturated carbocycles. The van der Waals surface area contributed by atoms with Gasteiger partial charge in [0.05, 0.1) is 0 Å². The van der Waals surface area contributed by atoms with E-state index >= 15 is 0 Å². The Morgan fingerprint density at radius 3 is 2.12 bits per heavy atom. The van der Waals surface area contributed by atoms with E-state index in [4.69, 9.17) is 0 Å². The highest BCUT2D eigenvalue weighted by atomic mass is 16.4. The maximum atomic E-state index is 11.6. The van der Waals surface area contributed by atoms with Gasteiger partial charge in [0.25, 0.3) is 0 Å². The van der Waals surface area contributed by atoms with Crippen LogP contribution in [-0.4, -0.2) is 23.7 Å². The summed E-state index contributed by atoms with van der Waals surface area (Å²) >= 11 is 0. The molecule has 0 heterocycles. The lowest BCUT2D eigenvalue weighted by Gasteiger charge is -2.23. The molecule has 0 fully saturated rings. The maximum absolute atomic E-state index is 11.6. The number of carboxylic acid groups (broad SMARTS) is 1. The van der Waals surface area contributed by atoms with E-state index in [1.807, 2.05) is 48.5 Å². The molecule has 24 heavy (non-hydrogen) atoms. The monoisotopic (exact) mass is 325 g/mol. The Morgan fingerprint density at radius 2 is 1.58 bits per heavy atom. The molecule has 3 heteroatoms. The van der Waals surface area contributed by atoms with E-state index in [-0.39, 0.29) is 0 Å². The van der Waals surface area contributed by atoms with Gasteiger partial charge in [-0.25, -0.2) is 0 Å². The van der Waals surface area contributed by atoms with E-state index in [9.17, 15) is 9.90 Å². The minimum Gasteiger partial charge on any atom is -0.480 e. The van der Waals surface area contributed by atoms with E-state index in [1.165, 1.54) is 5.56 Å². The van der Waals surface area contributed by atoms with Crippen LogP contribution in [0.5, 0.6) is 0 Å². The number of rotatable bonds is 9. The summed E-state index contributed by atoms with van der Waals surface area (Å²) in [7, 11) is 0. The summed E-state index contributed by atoms with van der Waals surface area (Å²) < 4.78 is 0. The van der Waals surface area contributed by atoms with Crippen molar-refractivity contribution in [3.63, 3.8) is 0 Å². The molecule has 0 bridgehead atoms. The van der Waals surface area contributed by atoms with E-state index in [0.717, 1.165) is 12.0 Å². The van der Waals surface area contributed by atoms with Crippen molar-refractivity contribution >= 4 is 5.97 Å². The minimum atomic E-state index is -0.796. The van der Waals surface area contributed by atoms with E-state index < -0.39 is 12.0 Å². The van der Waals surface area contributed by atoms with Crippen molar-refractivity contribution < 1.29 is 9.90 Å². The quantitative estimate of drug-likeness (QED) is 0.730. The van der Waals surface area contributed by atoms with Crippen molar-refractivity contribution in [1.29, 1.82) is 0 Å². The predicted octanol–water partition coefficient (Wildman–Crippen LogP) is 4.10. The van der Waals surface area contributed by atoms with Gasteiger partial charge in [-0.15, -0.1) is 0 Å².